The molecule has 0 saturated carbocycles. The van der Waals surface area contributed by atoms with Gasteiger partial charge in [0.2, 0.25) is 11.9 Å². The van der Waals surface area contributed by atoms with Gasteiger partial charge in [0, 0.05) is 10.4 Å². The van der Waals surface area contributed by atoms with Crippen molar-refractivity contribution >= 4 is 23.2 Å². The van der Waals surface area contributed by atoms with Crippen molar-refractivity contribution in [2.24, 2.45) is 0 Å². The van der Waals surface area contributed by atoms with Gasteiger partial charge in [0.05, 0.1) is 27.0 Å². The molecule has 0 aliphatic carbocycles. The number of benzene rings is 1. The number of ether oxygens (including phenoxy) is 3. The second-order valence-electron chi connectivity index (χ2n) is 5.67. The van der Waals surface area contributed by atoms with E-state index < -0.39 is 18.0 Å². The highest BCUT2D eigenvalue weighted by Gasteiger charge is 2.27. The lowest BCUT2D eigenvalue weighted by atomic mass is 10.1. The van der Waals surface area contributed by atoms with Crippen molar-refractivity contribution < 1.29 is 28.2 Å². The summed E-state index contributed by atoms with van der Waals surface area (Å²) in [6, 6.07) is 11.7. The van der Waals surface area contributed by atoms with E-state index in [4.69, 9.17) is 18.6 Å². The fourth-order valence-corrected chi connectivity index (χ4v) is 3.17. The summed E-state index contributed by atoms with van der Waals surface area (Å²) in [5.41, 5.74) is 0.446. The molecule has 0 aliphatic heterocycles. The van der Waals surface area contributed by atoms with Gasteiger partial charge in [0.15, 0.2) is 11.5 Å². The minimum Gasteiger partial charge on any atom is -0.493 e. The topological polar surface area (TPSA) is 87.0 Å². The molecule has 146 valence electrons. The van der Waals surface area contributed by atoms with Crippen molar-refractivity contribution in [2.45, 2.75) is 12.6 Å². The summed E-state index contributed by atoms with van der Waals surface area (Å²) in [4.78, 5) is 26.1. The predicted octanol–water partition coefficient (Wildman–Crippen LogP) is 3.57. The molecule has 0 spiro atoms. The lowest BCUT2D eigenvalue weighted by molar-refractivity contribution is -0.130. The van der Waals surface area contributed by atoms with E-state index in [0.29, 0.717) is 23.6 Å². The van der Waals surface area contributed by atoms with Crippen molar-refractivity contribution in [2.75, 3.05) is 14.2 Å². The first kappa shape index (κ1) is 19.5. The van der Waals surface area contributed by atoms with E-state index in [0.717, 1.165) is 4.88 Å². The van der Waals surface area contributed by atoms with Crippen LogP contribution in [0.25, 0.3) is 0 Å². The quantitative estimate of drug-likeness (QED) is 0.581. The molecule has 1 atom stereocenters. The molecule has 0 radical (unpaired) electrons. The zero-order valence-corrected chi connectivity index (χ0v) is 16.2. The third kappa shape index (κ3) is 4.52. The molecule has 1 amide bonds. The van der Waals surface area contributed by atoms with E-state index >= 15 is 0 Å². The van der Waals surface area contributed by atoms with E-state index in [1.807, 2.05) is 17.5 Å². The molecular formula is C20H19NO6S. The summed E-state index contributed by atoms with van der Waals surface area (Å²) in [5.74, 6) is -0.264. The standard InChI is InChI=1S/C20H19NO6S/c1-24-15-8-7-13(11-17(15)25-2)18(27-20(23)16-6-3-9-26-16)19(22)21-12-14-5-4-10-28-14/h3-11,18H,12H2,1-2H3,(H,21,22)/t18-/m0/s1. The SMILES string of the molecule is COc1ccc([C@H](OC(=O)c2ccco2)C(=O)NCc2cccs2)cc1OC. The van der Waals surface area contributed by atoms with Crippen molar-refractivity contribution in [1.82, 2.24) is 5.32 Å². The molecule has 2 aromatic heterocycles. The van der Waals surface area contributed by atoms with Crippen LogP contribution in [-0.2, 0) is 16.1 Å². The Morgan fingerprint density at radius 2 is 1.93 bits per heavy atom. The van der Waals surface area contributed by atoms with Gasteiger partial charge in [-0.2, -0.15) is 0 Å². The lowest BCUT2D eigenvalue weighted by Crippen LogP contribution is -2.31. The number of rotatable bonds is 8. The molecule has 2 heterocycles. The summed E-state index contributed by atoms with van der Waals surface area (Å²) in [7, 11) is 3.00. The Bertz CT molecular complexity index is 920. The largest absolute Gasteiger partial charge is 0.493 e. The van der Waals surface area contributed by atoms with Gasteiger partial charge >= 0.3 is 5.97 Å². The summed E-state index contributed by atoms with van der Waals surface area (Å²) in [6.07, 6.45) is 0.177. The summed E-state index contributed by atoms with van der Waals surface area (Å²) in [5, 5.41) is 4.71. The smallest absolute Gasteiger partial charge is 0.375 e. The number of carbonyl (C=O) groups is 2. The molecule has 0 unspecified atom stereocenters. The maximum atomic E-state index is 12.8. The maximum absolute atomic E-state index is 12.8. The molecule has 3 aromatic rings. The Morgan fingerprint density at radius 1 is 1.11 bits per heavy atom. The first-order valence-corrected chi connectivity index (χ1v) is 9.27. The number of thiophene rings is 1. The molecule has 1 N–H and O–H groups in total. The van der Waals surface area contributed by atoms with Crippen LogP contribution in [0.1, 0.15) is 27.1 Å². The molecule has 0 bridgehead atoms. The molecule has 7 nitrogen and oxygen atoms in total. The highest BCUT2D eigenvalue weighted by atomic mass is 32.1. The third-order valence-electron chi connectivity index (χ3n) is 3.91. The Labute approximate surface area is 165 Å². The Morgan fingerprint density at radius 3 is 2.57 bits per heavy atom. The molecule has 0 fully saturated rings. The molecule has 28 heavy (non-hydrogen) atoms. The number of hydrogen-bond acceptors (Lipinski definition) is 7. The van der Waals surface area contributed by atoms with Gasteiger partial charge in [0.1, 0.15) is 0 Å². The second-order valence-corrected chi connectivity index (χ2v) is 6.71. The lowest BCUT2D eigenvalue weighted by Gasteiger charge is -2.19. The van der Waals surface area contributed by atoms with E-state index in [1.165, 1.54) is 37.9 Å². The van der Waals surface area contributed by atoms with Crippen molar-refractivity contribution in [3.05, 3.63) is 70.3 Å². The van der Waals surface area contributed by atoms with Crippen LogP contribution in [0.2, 0.25) is 0 Å². The van der Waals surface area contributed by atoms with Crippen LogP contribution in [0.15, 0.2) is 58.5 Å². The van der Waals surface area contributed by atoms with Gasteiger partial charge in [-0.05, 0) is 35.7 Å². The van der Waals surface area contributed by atoms with Crippen LogP contribution in [0, 0.1) is 0 Å². The fraction of sp³-hybridized carbons (Fsp3) is 0.200. The average Bonchev–Trinajstić information content (AvgIpc) is 3.43. The highest BCUT2D eigenvalue weighted by Crippen LogP contribution is 2.31. The minimum absolute atomic E-state index is 0.0107. The van der Waals surface area contributed by atoms with Gasteiger partial charge in [-0.25, -0.2) is 4.79 Å². The average molecular weight is 401 g/mol. The van der Waals surface area contributed by atoms with Crippen LogP contribution >= 0.6 is 11.3 Å². The van der Waals surface area contributed by atoms with Crippen LogP contribution in [-0.4, -0.2) is 26.1 Å². The van der Waals surface area contributed by atoms with Gasteiger partial charge in [-0.3, -0.25) is 4.79 Å². The Hall–Kier alpha value is -3.26. The molecule has 0 aliphatic rings. The molecular weight excluding hydrogens is 382 g/mol. The number of amides is 1. The maximum Gasteiger partial charge on any atom is 0.375 e. The van der Waals surface area contributed by atoms with E-state index in [1.54, 1.807) is 24.3 Å². The summed E-state index contributed by atoms with van der Waals surface area (Å²) in [6.45, 7) is 0.332. The number of esters is 1. The van der Waals surface area contributed by atoms with Crippen LogP contribution in [0.4, 0.5) is 0 Å². The van der Waals surface area contributed by atoms with E-state index in [9.17, 15) is 9.59 Å². The number of methoxy groups -OCH3 is 2. The Kier molecular flexibility index (Phi) is 6.33. The van der Waals surface area contributed by atoms with E-state index in [2.05, 4.69) is 5.32 Å². The molecule has 0 saturated heterocycles. The molecule has 8 heteroatoms. The number of furan rings is 1. The minimum atomic E-state index is -1.18. The van der Waals surface area contributed by atoms with Gasteiger partial charge in [-0.1, -0.05) is 12.1 Å². The van der Waals surface area contributed by atoms with Gasteiger partial charge in [0.25, 0.3) is 5.91 Å². The first-order chi connectivity index (χ1) is 13.6. The highest BCUT2D eigenvalue weighted by molar-refractivity contribution is 7.09. The van der Waals surface area contributed by atoms with Crippen molar-refractivity contribution in [1.29, 1.82) is 0 Å². The first-order valence-electron chi connectivity index (χ1n) is 8.39. The summed E-state index contributed by atoms with van der Waals surface area (Å²) >= 11 is 1.52. The number of carbonyl (C=O) groups excluding carboxylic acids is 2. The second kappa shape index (κ2) is 9.09. The van der Waals surface area contributed by atoms with Crippen molar-refractivity contribution in [3.63, 3.8) is 0 Å². The fourth-order valence-electron chi connectivity index (χ4n) is 2.53. The van der Waals surface area contributed by atoms with Gasteiger partial charge < -0.3 is 23.9 Å². The predicted molar refractivity (Wildman–Crippen MR) is 103 cm³/mol. The monoisotopic (exact) mass is 401 g/mol. The third-order valence-corrected chi connectivity index (χ3v) is 4.79. The number of nitrogens with one attached hydrogen (secondary N) is 1. The Balaban J connectivity index is 1.84. The molecule has 3 rings (SSSR count). The van der Waals surface area contributed by atoms with E-state index in [-0.39, 0.29) is 5.76 Å². The van der Waals surface area contributed by atoms with Gasteiger partial charge in [-0.15, -0.1) is 11.3 Å². The zero-order chi connectivity index (χ0) is 19.9. The zero-order valence-electron chi connectivity index (χ0n) is 15.3. The number of hydrogen-bond donors (Lipinski definition) is 1. The summed E-state index contributed by atoms with van der Waals surface area (Å²) < 4.78 is 21.0. The molecule has 1 aromatic carbocycles. The van der Waals surface area contributed by atoms with Crippen LogP contribution < -0.4 is 14.8 Å². The van der Waals surface area contributed by atoms with Crippen LogP contribution in [0.5, 0.6) is 11.5 Å². The normalized spacial score (nSPS) is 11.5. The van der Waals surface area contributed by atoms with Crippen LogP contribution in [0.3, 0.4) is 0 Å². The van der Waals surface area contributed by atoms with Crippen molar-refractivity contribution in [3.8, 4) is 11.5 Å².